The van der Waals surface area contributed by atoms with Crippen molar-refractivity contribution in [1.29, 1.82) is 0 Å². The number of methoxy groups -OCH3 is 1. The number of hydrogen-bond acceptors (Lipinski definition) is 7. The van der Waals surface area contributed by atoms with Gasteiger partial charge in [0, 0.05) is 19.2 Å². The lowest BCUT2D eigenvalue weighted by Crippen LogP contribution is -2.43. The Labute approximate surface area is 117 Å². The zero-order valence-electron chi connectivity index (χ0n) is 11.7. The largest absolute Gasteiger partial charge is 0.478 e. The minimum atomic E-state index is -0.269. The van der Waals surface area contributed by atoms with Gasteiger partial charge in [0.25, 0.3) is 0 Å². The van der Waals surface area contributed by atoms with Crippen LogP contribution in [0.5, 0.6) is 5.88 Å². The van der Waals surface area contributed by atoms with Crippen molar-refractivity contribution in [3.63, 3.8) is 0 Å². The van der Waals surface area contributed by atoms with E-state index in [2.05, 4.69) is 19.6 Å². The van der Waals surface area contributed by atoms with E-state index in [0.717, 1.165) is 12.4 Å². The molecule has 7 nitrogen and oxygen atoms in total. The first-order chi connectivity index (χ1) is 9.72. The van der Waals surface area contributed by atoms with Crippen molar-refractivity contribution in [3.05, 3.63) is 12.4 Å². The van der Waals surface area contributed by atoms with Gasteiger partial charge in [0.2, 0.25) is 5.88 Å². The molecule has 1 atom stereocenters. The third-order valence-corrected chi connectivity index (χ3v) is 3.00. The normalized spacial score (nSPS) is 18.7. The van der Waals surface area contributed by atoms with Crippen LogP contribution in [-0.4, -0.2) is 55.5 Å². The summed E-state index contributed by atoms with van der Waals surface area (Å²) in [5.41, 5.74) is 0. The molecule has 1 unspecified atom stereocenters. The minimum Gasteiger partial charge on any atom is -0.478 e. The molecule has 0 spiro atoms. The third kappa shape index (κ3) is 3.80. The smallest absolute Gasteiger partial charge is 0.308 e. The zero-order chi connectivity index (χ0) is 14.4. The SMILES string of the molecule is CCOc1cc(N2CCOC(CC(=O)OC)C2)ncn1. The summed E-state index contributed by atoms with van der Waals surface area (Å²) >= 11 is 0. The molecule has 0 aromatic carbocycles. The molecule has 110 valence electrons. The summed E-state index contributed by atoms with van der Waals surface area (Å²) in [5.74, 6) is 1.06. The number of carbonyl (C=O) groups is 1. The summed E-state index contributed by atoms with van der Waals surface area (Å²) < 4.78 is 15.6. The molecule has 0 amide bonds. The highest BCUT2D eigenvalue weighted by Gasteiger charge is 2.24. The maximum absolute atomic E-state index is 11.3. The molecule has 0 N–H and O–H groups in total. The van der Waals surface area contributed by atoms with Crippen LogP contribution in [0.15, 0.2) is 12.4 Å². The van der Waals surface area contributed by atoms with Crippen LogP contribution >= 0.6 is 0 Å². The van der Waals surface area contributed by atoms with Crippen LogP contribution in [-0.2, 0) is 14.3 Å². The molecule has 0 bridgehead atoms. The first-order valence-corrected chi connectivity index (χ1v) is 6.61. The number of esters is 1. The Balaban J connectivity index is 2.01. The average molecular weight is 281 g/mol. The maximum atomic E-state index is 11.3. The van der Waals surface area contributed by atoms with Gasteiger partial charge in [-0.15, -0.1) is 0 Å². The first-order valence-electron chi connectivity index (χ1n) is 6.61. The second kappa shape index (κ2) is 7.04. The Kier molecular flexibility index (Phi) is 5.11. The van der Waals surface area contributed by atoms with Gasteiger partial charge in [-0.25, -0.2) is 9.97 Å². The Hall–Kier alpha value is -1.89. The van der Waals surface area contributed by atoms with Crippen molar-refractivity contribution in [2.45, 2.75) is 19.4 Å². The molecule has 1 aromatic rings. The molecule has 7 heteroatoms. The van der Waals surface area contributed by atoms with Crippen molar-refractivity contribution in [3.8, 4) is 5.88 Å². The van der Waals surface area contributed by atoms with Crippen molar-refractivity contribution in [2.24, 2.45) is 0 Å². The summed E-state index contributed by atoms with van der Waals surface area (Å²) in [6.45, 7) is 4.33. The zero-order valence-corrected chi connectivity index (χ0v) is 11.7. The van der Waals surface area contributed by atoms with Crippen molar-refractivity contribution < 1.29 is 19.0 Å². The van der Waals surface area contributed by atoms with E-state index in [1.807, 2.05) is 6.92 Å². The van der Waals surface area contributed by atoms with Crippen LogP contribution in [0.2, 0.25) is 0 Å². The Bertz CT molecular complexity index is 455. The van der Waals surface area contributed by atoms with Crippen LogP contribution in [0.3, 0.4) is 0 Å². The van der Waals surface area contributed by atoms with Gasteiger partial charge in [-0.3, -0.25) is 4.79 Å². The molecule has 0 saturated carbocycles. The molecule has 1 fully saturated rings. The topological polar surface area (TPSA) is 73.8 Å². The Morgan fingerprint density at radius 3 is 3.15 bits per heavy atom. The number of nitrogens with zero attached hydrogens (tertiary/aromatic N) is 3. The monoisotopic (exact) mass is 281 g/mol. The van der Waals surface area contributed by atoms with E-state index in [4.69, 9.17) is 9.47 Å². The maximum Gasteiger partial charge on any atom is 0.308 e. The van der Waals surface area contributed by atoms with Crippen molar-refractivity contribution in [1.82, 2.24) is 9.97 Å². The van der Waals surface area contributed by atoms with E-state index in [9.17, 15) is 4.79 Å². The van der Waals surface area contributed by atoms with Crippen molar-refractivity contribution in [2.75, 3.05) is 38.3 Å². The van der Waals surface area contributed by atoms with Crippen LogP contribution in [0, 0.1) is 0 Å². The molecular formula is C13H19N3O4. The fourth-order valence-corrected chi connectivity index (χ4v) is 2.05. The second-order valence-electron chi connectivity index (χ2n) is 4.37. The van der Waals surface area contributed by atoms with Gasteiger partial charge >= 0.3 is 5.97 Å². The summed E-state index contributed by atoms with van der Waals surface area (Å²) in [6, 6.07) is 1.80. The van der Waals surface area contributed by atoms with E-state index in [1.54, 1.807) is 6.07 Å². The summed E-state index contributed by atoms with van der Waals surface area (Å²) in [4.78, 5) is 21.6. The van der Waals surface area contributed by atoms with Gasteiger partial charge in [0.15, 0.2) is 0 Å². The number of morpholine rings is 1. The molecule has 20 heavy (non-hydrogen) atoms. The van der Waals surface area contributed by atoms with E-state index in [0.29, 0.717) is 25.6 Å². The third-order valence-electron chi connectivity index (χ3n) is 3.00. The van der Waals surface area contributed by atoms with E-state index in [-0.39, 0.29) is 18.5 Å². The van der Waals surface area contributed by atoms with Crippen molar-refractivity contribution >= 4 is 11.8 Å². The number of carbonyl (C=O) groups excluding carboxylic acids is 1. The summed E-state index contributed by atoms with van der Waals surface area (Å²) in [7, 11) is 1.38. The quantitative estimate of drug-likeness (QED) is 0.733. The fraction of sp³-hybridized carbons (Fsp3) is 0.615. The van der Waals surface area contributed by atoms with Gasteiger partial charge in [-0.05, 0) is 6.92 Å². The Morgan fingerprint density at radius 1 is 1.55 bits per heavy atom. The van der Waals surface area contributed by atoms with Crippen LogP contribution in [0.25, 0.3) is 0 Å². The fourth-order valence-electron chi connectivity index (χ4n) is 2.05. The average Bonchev–Trinajstić information content (AvgIpc) is 2.48. The van der Waals surface area contributed by atoms with Gasteiger partial charge in [0.05, 0.1) is 32.8 Å². The van der Waals surface area contributed by atoms with Gasteiger partial charge in [-0.1, -0.05) is 0 Å². The predicted octanol–water partition coefficient (Wildman–Crippen LogP) is 0.644. The van der Waals surface area contributed by atoms with Gasteiger partial charge < -0.3 is 19.1 Å². The van der Waals surface area contributed by atoms with Gasteiger partial charge in [0.1, 0.15) is 12.1 Å². The molecule has 1 aliphatic rings. The van der Waals surface area contributed by atoms with E-state index < -0.39 is 0 Å². The number of anilines is 1. The predicted molar refractivity (Wildman–Crippen MR) is 71.8 cm³/mol. The Morgan fingerprint density at radius 2 is 2.40 bits per heavy atom. The molecule has 0 radical (unpaired) electrons. The van der Waals surface area contributed by atoms with Gasteiger partial charge in [-0.2, -0.15) is 0 Å². The first kappa shape index (κ1) is 14.5. The second-order valence-corrected chi connectivity index (χ2v) is 4.37. The highest BCUT2D eigenvalue weighted by molar-refractivity contribution is 5.69. The standard InChI is InChI=1S/C13H19N3O4/c1-3-19-12-7-11(14-9-15-12)16-4-5-20-10(8-16)6-13(17)18-2/h7,9-10H,3-6,8H2,1-2H3. The molecule has 1 saturated heterocycles. The summed E-state index contributed by atoms with van der Waals surface area (Å²) in [5, 5.41) is 0. The van der Waals surface area contributed by atoms with Crippen LogP contribution in [0.4, 0.5) is 5.82 Å². The lowest BCUT2D eigenvalue weighted by molar-refractivity contribution is -0.144. The highest BCUT2D eigenvalue weighted by Crippen LogP contribution is 2.19. The number of hydrogen-bond donors (Lipinski definition) is 0. The molecule has 0 aliphatic carbocycles. The van der Waals surface area contributed by atoms with Crippen LogP contribution in [0.1, 0.15) is 13.3 Å². The van der Waals surface area contributed by atoms with Crippen LogP contribution < -0.4 is 9.64 Å². The molecule has 1 aliphatic heterocycles. The lowest BCUT2D eigenvalue weighted by Gasteiger charge is -2.33. The molecular weight excluding hydrogens is 262 g/mol. The van der Waals surface area contributed by atoms with E-state index >= 15 is 0 Å². The number of aromatic nitrogens is 2. The molecule has 1 aromatic heterocycles. The van der Waals surface area contributed by atoms with E-state index in [1.165, 1.54) is 13.4 Å². The summed E-state index contributed by atoms with van der Waals surface area (Å²) in [6.07, 6.45) is 1.54. The number of ether oxygens (including phenoxy) is 3. The minimum absolute atomic E-state index is 0.179. The molecule has 2 rings (SSSR count). The number of rotatable bonds is 5. The highest BCUT2D eigenvalue weighted by atomic mass is 16.5. The molecule has 2 heterocycles. The lowest BCUT2D eigenvalue weighted by atomic mass is 10.2.